The molecule has 1 N–H and O–H groups in total. The van der Waals surface area contributed by atoms with Gasteiger partial charge in [0.2, 0.25) is 0 Å². The van der Waals surface area contributed by atoms with Crippen LogP contribution in [0.2, 0.25) is 0 Å². The summed E-state index contributed by atoms with van der Waals surface area (Å²) in [5.41, 5.74) is 2.22. The molecule has 0 aliphatic carbocycles. The zero-order chi connectivity index (χ0) is 10.7. The second-order valence-corrected chi connectivity index (χ2v) is 3.39. The van der Waals surface area contributed by atoms with Crippen molar-refractivity contribution in [3.8, 4) is 0 Å². The van der Waals surface area contributed by atoms with E-state index in [4.69, 9.17) is 4.42 Å². The maximum Gasteiger partial charge on any atom is 0.122 e. The SMILES string of the molecule is CCn1ncc(NCc2ccco2)c1C.Cl. The predicted molar refractivity (Wildman–Crippen MR) is 65.9 cm³/mol. The molecule has 0 aliphatic heterocycles. The van der Waals surface area contributed by atoms with Crippen LogP contribution in [-0.4, -0.2) is 9.78 Å². The largest absolute Gasteiger partial charge is 0.467 e. The Morgan fingerprint density at radius 1 is 1.50 bits per heavy atom. The van der Waals surface area contributed by atoms with Gasteiger partial charge >= 0.3 is 0 Å². The van der Waals surface area contributed by atoms with Gasteiger partial charge in [0.05, 0.1) is 30.4 Å². The van der Waals surface area contributed by atoms with Crippen molar-refractivity contribution in [1.29, 1.82) is 0 Å². The lowest BCUT2D eigenvalue weighted by Crippen LogP contribution is -2.02. The smallest absolute Gasteiger partial charge is 0.122 e. The molecule has 4 nitrogen and oxygen atoms in total. The highest BCUT2D eigenvalue weighted by Gasteiger charge is 2.04. The van der Waals surface area contributed by atoms with Crippen LogP contribution in [0.4, 0.5) is 5.69 Å². The summed E-state index contributed by atoms with van der Waals surface area (Å²) in [6.07, 6.45) is 3.53. The van der Waals surface area contributed by atoms with Gasteiger partial charge in [0.25, 0.3) is 0 Å². The van der Waals surface area contributed by atoms with E-state index in [1.54, 1.807) is 6.26 Å². The van der Waals surface area contributed by atoms with Crippen molar-refractivity contribution < 1.29 is 4.42 Å². The molecule has 0 atom stereocenters. The Balaban J connectivity index is 0.00000128. The lowest BCUT2D eigenvalue weighted by molar-refractivity contribution is 0.518. The fraction of sp³-hybridized carbons (Fsp3) is 0.364. The van der Waals surface area contributed by atoms with E-state index in [-0.39, 0.29) is 12.4 Å². The van der Waals surface area contributed by atoms with Crippen LogP contribution in [0.25, 0.3) is 0 Å². The highest BCUT2D eigenvalue weighted by molar-refractivity contribution is 5.85. The third kappa shape index (κ3) is 2.58. The molecule has 0 aliphatic rings. The minimum atomic E-state index is 0. The second-order valence-electron chi connectivity index (χ2n) is 3.39. The quantitative estimate of drug-likeness (QED) is 0.895. The molecule has 0 radical (unpaired) electrons. The maximum atomic E-state index is 5.24. The molecule has 0 saturated heterocycles. The number of aromatic nitrogens is 2. The lowest BCUT2D eigenvalue weighted by atomic mass is 10.3. The first-order valence-corrected chi connectivity index (χ1v) is 5.10. The van der Waals surface area contributed by atoms with Gasteiger partial charge in [-0.15, -0.1) is 12.4 Å². The van der Waals surface area contributed by atoms with Crippen LogP contribution < -0.4 is 5.32 Å². The highest BCUT2D eigenvalue weighted by Crippen LogP contribution is 2.14. The van der Waals surface area contributed by atoms with Crippen molar-refractivity contribution in [2.75, 3.05) is 5.32 Å². The van der Waals surface area contributed by atoms with Gasteiger partial charge < -0.3 is 9.73 Å². The van der Waals surface area contributed by atoms with Crippen molar-refractivity contribution in [3.63, 3.8) is 0 Å². The van der Waals surface area contributed by atoms with E-state index in [0.29, 0.717) is 6.54 Å². The van der Waals surface area contributed by atoms with Crippen LogP contribution in [0.1, 0.15) is 18.4 Å². The first-order chi connectivity index (χ1) is 7.31. The normalized spacial score (nSPS) is 9.88. The molecular weight excluding hydrogens is 226 g/mol. The second kappa shape index (κ2) is 5.61. The highest BCUT2D eigenvalue weighted by atomic mass is 35.5. The van der Waals surface area contributed by atoms with Gasteiger partial charge in [0.15, 0.2) is 0 Å². The van der Waals surface area contributed by atoms with E-state index in [1.165, 1.54) is 0 Å². The van der Waals surface area contributed by atoms with Gasteiger partial charge in [-0.05, 0) is 26.0 Å². The third-order valence-electron chi connectivity index (χ3n) is 2.44. The van der Waals surface area contributed by atoms with E-state index >= 15 is 0 Å². The minimum absolute atomic E-state index is 0. The molecular formula is C11H16ClN3O. The number of hydrogen-bond donors (Lipinski definition) is 1. The zero-order valence-electron chi connectivity index (χ0n) is 9.43. The molecule has 16 heavy (non-hydrogen) atoms. The first-order valence-electron chi connectivity index (χ1n) is 5.10. The average Bonchev–Trinajstić information content (AvgIpc) is 2.85. The fourth-order valence-corrected chi connectivity index (χ4v) is 1.53. The molecule has 0 saturated carbocycles. The van der Waals surface area contributed by atoms with Crippen LogP contribution in [0, 0.1) is 6.92 Å². The van der Waals surface area contributed by atoms with Crippen LogP contribution >= 0.6 is 12.4 Å². The van der Waals surface area contributed by atoms with E-state index in [1.807, 2.05) is 23.0 Å². The molecule has 5 heteroatoms. The van der Waals surface area contributed by atoms with Gasteiger partial charge in [-0.1, -0.05) is 0 Å². The Hall–Kier alpha value is -1.42. The number of halogens is 1. The van der Waals surface area contributed by atoms with Crippen LogP contribution in [0.3, 0.4) is 0 Å². The van der Waals surface area contributed by atoms with Gasteiger partial charge in [0, 0.05) is 6.54 Å². The third-order valence-corrected chi connectivity index (χ3v) is 2.44. The molecule has 2 aromatic heterocycles. The summed E-state index contributed by atoms with van der Waals surface area (Å²) in [6.45, 7) is 5.73. The molecule has 88 valence electrons. The number of furan rings is 1. The Bertz CT molecular complexity index is 422. The monoisotopic (exact) mass is 241 g/mol. The molecule has 0 bridgehead atoms. The molecule has 0 spiro atoms. The van der Waals surface area contributed by atoms with Gasteiger partial charge in [-0.2, -0.15) is 5.10 Å². The Kier molecular flexibility index (Phi) is 4.43. The van der Waals surface area contributed by atoms with Gasteiger partial charge in [-0.25, -0.2) is 0 Å². The van der Waals surface area contributed by atoms with Crippen LogP contribution in [0.5, 0.6) is 0 Å². The summed E-state index contributed by atoms with van der Waals surface area (Å²) >= 11 is 0. The van der Waals surface area contributed by atoms with Gasteiger partial charge in [0.1, 0.15) is 5.76 Å². The minimum Gasteiger partial charge on any atom is -0.467 e. The summed E-state index contributed by atoms with van der Waals surface area (Å²) in [5.74, 6) is 0.929. The number of nitrogens with one attached hydrogen (secondary N) is 1. The van der Waals surface area contributed by atoms with E-state index in [0.717, 1.165) is 23.7 Å². The topological polar surface area (TPSA) is 43.0 Å². The number of anilines is 1. The number of aryl methyl sites for hydroxylation is 1. The van der Waals surface area contributed by atoms with E-state index < -0.39 is 0 Å². The zero-order valence-corrected chi connectivity index (χ0v) is 10.3. The number of rotatable bonds is 4. The Labute approximate surface area is 101 Å². The summed E-state index contributed by atoms with van der Waals surface area (Å²) in [6, 6.07) is 3.84. The molecule has 0 amide bonds. The predicted octanol–water partition coefficient (Wildman–Crippen LogP) is 2.84. The van der Waals surface area contributed by atoms with Crippen molar-refractivity contribution >= 4 is 18.1 Å². The number of nitrogens with zero attached hydrogens (tertiary/aromatic N) is 2. The van der Waals surface area contributed by atoms with E-state index in [2.05, 4.69) is 24.3 Å². The first kappa shape index (κ1) is 12.6. The summed E-state index contributed by atoms with van der Waals surface area (Å²) in [4.78, 5) is 0. The van der Waals surface area contributed by atoms with Crippen molar-refractivity contribution in [3.05, 3.63) is 36.0 Å². The Morgan fingerprint density at radius 3 is 2.88 bits per heavy atom. The molecule has 0 aromatic carbocycles. The van der Waals surface area contributed by atoms with Crippen molar-refractivity contribution in [2.24, 2.45) is 0 Å². The lowest BCUT2D eigenvalue weighted by Gasteiger charge is -2.04. The molecule has 2 heterocycles. The molecule has 2 rings (SSSR count). The van der Waals surface area contributed by atoms with Crippen molar-refractivity contribution in [2.45, 2.75) is 26.9 Å². The van der Waals surface area contributed by atoms with E-state index in [9.17, 15) is 0 Å². The summed E-state index contributed by atoms with van der Waals surface area (Å²) in [7, 11) is 0. The van der Waals surface area contributed by atoms with Crippen LogP contribution in [-0.2, 0) is 13.1 Å². The van der Waals surface area contributed by atoms with Crippen LogP contribution in [0.15, 0.2) is 29.0 Å². The summed E-state index contributed by atoms with van der Waals surface area (Å²) < 4.78 is 7.20. The maximum absolute atomic E-state index is 5.24. The Morgan fingerprint density at radius 2 is 2.31 bits per heavy atom. The standard InChI is InChI=1S/C11H15N3O.ClH/c1-3-14-9(2)11(8-13-14)12-7-10-5-4-6-15-10;/h4-6,8,12H,3,7H2,1-2H3;1H. The average molecular weight is 242 g/mol. The van der Waals surface area contributed by atoms with Gasteiger partial charge in [-0.3, -0.25) is 4.68 Å². The molecule has 0 fully saturated rings. The molecule has 2 aromatic rings. The fourth-order valence-electron chi connectivity index (χ4n) is 1.53. The number of hydrogen-bond acceptors (Lipinski definition) is 3. The molecule has 0 unspecified atom stereocenters. The summed E-state index contributed by atoms with van der Waals surface area (Å²) in [5, 5.41) is 7.55. The van der Waals surface area contributed by atoms with Crippen molar-refractivity contribution in [1.82, 2.24) is 9.78 Å².